The van der Waals surface area contributed by atoms with Crippen LogP contribution in [-0.2, 0) is 9.31 Å². The third-order valence-electron chi connectivity index (χ3n) is 0.575. The standard InChI is InChI=1S/C2H6BNO2/c1-4-2-6-3-5-1/h3-4H,1-2H2. The van der Waals surface area contributed by atoms with E-state index in [-0.39, 0.29) is 0 Å². The summed E-state index contributed by atoms with van der Waals surface area (Å²) in [5.74, 6) is 0. The van der Waals surface area contributed by atoms with Gasteiger partial charge in [-0.1, -0.05) is 0 Å². The Morgan fingerprint density at radius 1 is 1.33 bits per heavy atom. The molecule has 0 aromatic heterocycles. The molecule has 1 aliphatic rings. The third-order valence-corrected chi connectivity index (χ3v) is 0.575. The molecule has 1 N–H and O–H groups in total. The van der Waals surface area contributed by atoms with Crippen molar-refractivity contribution in [2.75, 3.05) is 13.5 Å². The van der Waals surface area contributed by atoms with Gasteiger partial charge in [-0.3, -0.25) is 5.32 Å². The van der Waals surface area contributed by atoms with E-state index < -0.39 is 0 Å². The maximum Gasteiger partial charge on any atom is 0.439 e. The number of hydrogen-bond donors (Lipinski definition) is 1. The fraction of sp³-hybridized carbons (Fsp3) is 1.00. The van der Waals surface area contributed by atoms with Gasteiger partial charge in [0.2, 0.25) is 0 Å². The van der Waals surface area contributed by atoms with Gasteiger partial charge in [-0.15, -0.1) is 0 Å². The highest BCUT2D eigenvalue weighted by Gasteiger charge is 1.96. The van der Waals surface area contributed by atoms with E-state index in [1.165, 1.54) is 0 Å². The fourth-order valence-electron chi connectivity index (χ4n) is 0.328. The summed E-state index contributed by atoms with van der Waals surface area (Å²) in [6.07, 6.45) is 0. The van der Waals surface area contributed by atoms with E-state index in [2.05, 4.69) is 5.32 Å². The topological polar surface area (TPSA) is 30.5 Å². The highest BCUT2D eigenvalue weighted by molar-refractivity contribution is 6.18. The molecule has 1 saturated heterocycles. The lowest BCUT2D eigenvalue weighted by molar-refractivity contribution is 0.125. The van der Waals surface area contributed by atoms with Crippen LogP contribution in [0.5, 0.6) is 0 Å². The average Bonchev–Trinajstić information content (AvgIpc) is 1.72. The predicted molar refractivity (Wildman–Crippen MR) is 22.2 cm³/mol. The lowest BCUT2D eigenvalue weighted by atomic mass is 10.4. The van der Waals surface area contributed by atoms with Crippen molar-refractivity contribution < 1.29 is 9.31 Å². The van der Waals surface area contributed by atoms with Gasteiger partial charge >= 0.3 is 7.69 Å². The lowest BCUT2D eigenvalue weighted by Crippen LogP contribution is -2.30. The molecule has 6 heavy (non-hydrogen) atoms. The van der Waals surface area contributed by atoms with E-state index in [1.54, 1.807) is 0 Å². The molecule has 0 aliphatic carbocycles. The van der Waals surface area contributed by atoms with Gasteiger partial charge in [0.25, 0.3) is 0 Å². The Kier molecular flexibility index (Phi) is 1.49. The van der Waals surface area contributed by atoms with Crippen molar-refractivity contribution in [3.05, 3.63) is 0 Å². The predicted octanol–water partition coefficient (Wildman–Crippen LogP) is -1.20. The second kappa shape index (κ2) is 2.18. The average molecular weight is 86.9 g/mol. The van der Waals surface area contributed by atoms with Gasteiger partial charge in [0, 0.05) is 0 Å². The van der Waals surface area contributed by atoms with Crippen LogP contribution in [0.4, 0.5) is 0 Å². The normalized spacial score (nSPS) is 22.7. The minimum atomic E-state index is 0.438. The first-order valence-corrected chi connectivity index (χ1v) is 1.86. The summed E-state index contributed by atoms with van der Waals surface area (Å²) in [5.41, 5.74) is 0. The summed E-state index contributed by atoms with van der Waals surface area (Å²) >= 11 is 0. The molecule has 0 atom stereocenters. The van der Waals surface area contributed by atoms with E-state index in [1.807, 2.05) is 0 Å². The van der Waals surface area contributed by atoms with Crippen LogP contribution in [0.25, 0.3) is 0 Å². The summed E-state index contributed by atoms with van der Waals surface area (Å²) in [5, 5.41) is 2.84. The molecule has 0 spiro atoms. The van der Waals surface area contributed by atoms with Crippen molar-refractivity contribution in [1.82, 2.24) is 5.32 Å². The molecule has 0 aromatic carbocycles. The van der Waals surface area contributed by atoms with Crippen molar-refractivity contribution in [1.29, 1.82) is 0 Å². The summed E-state index contributed by atoms with van der Waals surface area (Å²) < 4.78 is 9.47. The first-order valence-electron chi connectivity index (χ1n) is 1.86. The summed E-state index contributed by atoms with van der Waals surface area (Å²) in [6, 6.07) is 0. The first kappa shape index (κ1) is 4.11. The molecule has 1 fully saturated rings. The van der Waals surface area contributed by atoms with Gasteiger partial charge < -0.3 is 9.31 Å². The zero-order chi connectivity index (χ0) is 4.24. The Hall–Kier alpha value is -0.0551. The molecule has 3 nitrogen and oxygen atoms in total. The van der Waals surface area contributed by atoms with Gasteiger partial charge in [-0.05, 0) is 0 Å². The maximum atomic E-state index is 4.74. The van der Waals surface area contributed by atoms with Crippen molar-refractivity contribution >= 4 is 7.69 Å². The molecule has 0 amide bonds. The molecule has 34 valence electrons. The minimum Gasteiger partial charge on any atom is -0.401 e. The molecule has 1 rings (SSSR count). The van der Waals surface area contributed by atoms with Gasteiger partial charge in [0.1, 0.15) is 0 Å². The molecule has 0 saturated carbocycles. The van der Waals surface area contributed by atoms with E-state index in [4.69, 9.17) is 9.31 Å². The van der Waals surface area contributed by atoms with Crippen molar-refractivity contribution in [3.63, 3.8) is 0 Å². The first-order chi connectivity index (χ1) is 3.00. The van der Waals surface area contributed by atoms with Crippen LogP contribution < -0.4 is 5.32 Å². The van der Waals surface area contributed by atoms with E-state index in [0.29, 0.717) is 21.1 Å². The Balaban J connectivity index is 2.00. The van der Waals surface area contributed by atoms with Gasteiger partial charge in [-0.25, -0.2) is 0 Å². The molecular formula is C2H6BNO2. The number of hydrogen-bond acceptors (Lipinski definition) is 3. The van der Waals surface area contributed by atoms with Gasteiger partial charge in [0.05, 0.1) is 13.5 Å². The van der Waals surface area contributed by atoms with Gasteiger partial charge in [0.15, 0.2) is 0 Å². The smallest absolute Gasteiger partial charge is 0.401 e. The van der Waals surface area contributed by atoms with Crippen LogP contribution >= 0.6 is 0 Å². The number of nitrogens with one attached hydrogen (secondary N) is 1. The zero-order valence-corrected chi connectivity index (χ0v) is 3.44. The summed E-state index contributed by atoms with van der Waals surface area (Å²) in [6.45, 7) is 1.25. The molecule has 1 aliphatic heterocycles. The molecule has 0 aromatic rings. The van der Waals surface area contributed by atoms with Crippen LogP contribution in [0.2, 0.25) is 0 Å². The Morgan fingerprint density at radius 2 is 2.00 bits per heavy atom. The van der Waals surface area contributed by atoms with Crippen molar-refractivity contribution in [3.8, 4) is 0 Å². The van der Waals surface area contributed by atoms with Crippen LogP contribution in [-0.4, -0.2) is 21.1 Å². The van der Waals surface area contributed by atoms with Crippen LogP contribution in [0.3, 0.4) is 0 Å². The van der Waals surface area contributed by atoms with E-state index >= 15 is 0 Å². The SMILES string of the molecule is B1OCNCO1. The minimum absolute atomic E-state index is 0.438. The zero-order valence-electron chi connectivity index (χ0n) is 3.44. The largest absolute Gasteiger partial charge is 0.439 e. The van der Waals surface area contributed by atoms with Crippen LogP contribution in [0.15, 0.2) is 0 Å². The Labute approximate surface area is 36.9 Å². The summed E-state index contributed by atoms with van der Waals surface area (Å²) in [7, 11) is 0.438. The lowest BCUT2D eigenvalue weighted by Gasteiger charge is -2.10. The molecule has 4 heteroatoms. The second-order valence-electron chi connectivity index (χ2n) is 1.06. The van der Waals surface area contributed by atoms with Gasteiger partial charge in [-0.2, -0.15) is 0 Å². The fourth-order valence-corrected chi connectivity index (χ4v) is 0.328. The summed E-state index contributed by atoms with van der Waals surface area (Å²) in [4.78, 5) is 0. The Bertz CT molecular complexity index is 27.0. The van der Waals surface area contributed by atoms with Crippen molar-refractivity contribution in [2.24, 2.45) is 0 Å². The molecular weight excluding hydrogens is 80.8 g/mol. The number of rotatable bonds is 0. The quantitative estimate of drug-likeness (QED) is 0.376. The highest BCUT2D eigenvalue weighted by Crippen LogP contribution is 1.75. The highest BCUT2D eigenvalue weighted by atomic mass is 16.6. The molecule has 0 radical (unpaired) electrons. The molecule has 0 unspecified atom stereocenters. The maximum absolute atomic E-state index is 4.74. The third kappa shape index (κ3) is 0.968. The molecule has 1 heterocycles. The van der Waals surface area contributed by atoms with Crippen molar-refractivity contribution in [2.45, 2.75) is 0 Å². The molecule has 0 bridgehead atoms. The van der Waals surface area contributed by atoms with Crippen LogP contribution in [0, 0.1) is 0 Å². The van der Waals surface area contributed by atoms with E-state index in [9.17, 15) is 0 Å². The Morgan fingerprint density at radius 3 is 2.17 bits per heavy atom. The van der Waals surface area contributed by atoms with E-state index in [0.717, 1.165) is 0 Å². The van der Waals surface area contributed by atoms with Crippen LogP contribution in [0.1, 0.15) is 0 Å². The second-order valence-corrected chi connectivity index (χ2v) is 1.06. The monoisotopic (exact) mass is 87.0 g/mol.